The highest BCUT2D eigenvalue weighted by atomic mass is 79.9. The molecule has 6 nitrogen and oxygen atoms in total. The highest BCUT2D eigenvalue weighted by molar-refractivity contribution is 9.10. The van der Waals surface area contributed by atoms with Crippen molar-refractivity contribution in [3.63, 3.8) is 0 Å². The molecular formula is C17H16BrNO5S2. The van der Waals surface area contributed by atoms with Crippen LogP contribution < -0.4 is 5.32 Å². The van der Waals surface area contributed by atoms with Gasteiger partial charge in [0.05, 0.1) is 21.7 Å². The summed E-state index contributed by atoms with van der Waals surface area (Å²) in [5.74, 6) is -0.819. The summed E-state index contributed by atoms with van der Waals surface area (Å²) in [6.45, 7) is 0. The molecule has 2 aromatic rings. The molecule has 0 spiro atoms. The number of carbonyl (C=O) groups is 1. The van der Waals surface area contributed by atoms with Gasteiger partial charge in [0.1, 0.15) is 0 Å². The van der Waals surface area contributed by atoms with E-state index in [1.807, 2.05) is 6.07 Å². The summed E-state index contributed by atoms with van der Waals surface area (Å²) in [6, 6.07) is 12.6. The number of carbonyl (C=O) groups excluding carboxylic acids is 1. The van der Waals surface area contributed by atoms with Gasteiger partial charge in [-0.15, -0.1) is 0 Å². The summed E-state index contributed by atoms with van der Waals surface area (Å²) >= 11 is 3.32. The van der Waals surface area contributed by atoms with Gasteiger partial charge in [0.25, 0.3) is 5.91 Å². The smallest absolute Gasteiger partial charge is 0.255 e. The fourth-order valence-corrected chi connectivity index (χ4v) is 7.52. The van der Waals surface area contributed by atoms with Crippen molar-refractivity contribution in [2.24, 2.45) is 0 Å². The molecule has 138 valence electrons. The minimum atomic E-state index is -3.73. The largest absolute Gasteiger partial charge is 0.322 e. The highest BCUT2D eigenvalue weighted by Crippen LogP contribution is 2.25. The third-order valence-corrected chi connectivity index (χ3v) is 8.84. The molecule has 0 radical (unpaired) electrons. The number of rotatable bonds is 4. The molecule has 9 heteroatoms. The van der Waals surface area contributed by atoms with Crippen molar-refractivity contribution in [2.75, 3.05) is 16.8 Å². The Labute approximate surface area is 160 Å². The fourth-order valence-electron chi connectivity index (χ4n) is 2.76. The van der Waals surface area contributed by atoms with E-state index in [0.717, 1.165) is 4.47 Å². The monoisotopic (exact) mass is 457 g/mol. The third-order valence-electron chi connectivity index (χ3n) is 4.16. The Morgan fingerprint density at radius 2 is 1.81 bits per heavy atom. The standard InChI is InChI=1S/C17H16BrNO5S2/c18-13-2-1-3-14(10-13)19-17(20)12-4-6-15(7-5-12)26(23,24)16-8-9-25(21,22)11-16/h1-7,10,16H,8-9,11H2,(H,19,20)/t16-/m0/s1. The number of sulfone groups is 2. The lowest BCUT2D eigenvalue weighted by atomic mass is 10.2. The van der Waals surface area contributed by atoms with Crippen LogP contribution in [0.2, 0.25) is 0 Å². The molecule has 1 aliphatic rings. The van der Waals surface area contributed by atoms with Crippen LogP contribution in [-0.4, -0.2) is 39.5 Å². The van der Waals surface area contributed by atoms with Gasteiger partial charge in [0.2, 0.25) is 0 Å². The van der Waals surface area contributed by atoms with Crippen molar-refractivity contribution < 1.29 is 21.6 Å². The third kappa shape index (κ3) is 4.16. The number of halogens is 1. The zero-order chi connectivity index (χ0) is 18.9. The van der Waals surface area contributed by atoms with E-state index in [1.54, 1.807) is 18.2 Å². The van der Waals surface area contributed by atoms with Gasteiger partial charge < -0.3 is 5.32 Å². The summed E-state index contributed by atoms with van der Waals surface area (Å²) in [4.78, 5) is 12.3. The van der Waals surface area contributed by atoms with Gasteiger partial charge in [-0.2, -0.15) is 0 Å². The van der Waals surface area contributed by atoms with Gasteiger partial charge >= 0.3 is 0 Å². The van der Waals surface area contributed by atoms with E-state index in [9.17, 15) is 21.6 Å². The van der Waals surface area contributed by atoms with Crippen LogP contribution in [0, 0.1) is 0 Å². The Bertz CT molecular complexity index is 1050. The van der Waals surface area contributed by atoms with E-state index in [4.69, 9.17) is 0 Å². The van der Waals surface area contributed by atoms with E-state index in [-0.39, 0.29) is 28.7 Å². The average Bonchev–Trinajstić information content (AvgIpc) is 2.96. The van der Waals surface area contributed by atoms with Crippen LogP contribution in [0.4, 0.5) is 5.69 Å². The van der Waals surface area contributed by atoms with Gasteiger partial charge in [-0.05, 0) is 48.9 Å². The van der Waals surface area contributed by atoms with Gasteiger partial charge in [-0.3, -0.25) is 4.79 Å². The quantitative estimate of drug-likeness (QED) is 0.760. The summed E-state index contributed by atoms with van der Waals surface area (Å²) in [5, 5.41) is 1.80. The first kappa shape index (κ1) is 19.1. The molecule has 1 saturated heterocycles. The van der Waals surface area contributed by atoms with Crippen LogP contribution in [0.5, 0.6) is 0 Å². The average molecular weight is 458 g/mol. The van der Waals surface area contributed by atoms with Crippen molar-refractivity contribution in [1.29, 1.82) is 0 Å². The summed E-state index contributed by atoms with van der Waals surface area (Å²) in [5.41, 5.74) is 0.917. The highest BCUT2D eigenvalue weighted by Gasteiger charge is 2.37. The number of amides is 1. The van der Waals surface area contributed by atoms with E-state index >= 15 is 0 Å². The van der Waals surface area contributed by atoms with Gasteiger partial charge in [0.15, 0.2) is 19.7 Å². The Balaban J connectivity index is 1.77. The van der Waals surface area contributed by atoms with Crippen molar-refractivity contribution in [1.82, 2.24) is 0 Å². The maximum absolute atomic E-state index is 12.6. The van der Waals surface area contributed by atoms with E-state index in [0.29, 0.717) is 11.3 Å². The normalized spacial score (nSPS) is 19.2. The second kappa shape index (κ2) is 7.13. The van der Waals surface area contributed by atoms with Crippen LogP contribution >= 0.6 is 15.9 Å². The van der Waals surface area contributed by atoms with E-state index < -0.39 is 24.9 Å². The second-order valence-corrected chi connectivity index (χ2v) is 11.4. The summed E-state index contributed by atoms with van der Waals surface area (Å²) in [7, 11) is -7.03. The molecule has 1 atom stereocenters. The lowest BCUT2D eigenvalue weighted by molar-refractivity contribution is 0.102. The Morgan fingerprint density at radius 1 is 1.12 bits per heavy atom. The lowest BCUT2D eigenvalue weighted by Crippen LogP contribution is -2.22. The number of benzene rings is 2. The first-order chi connectivity index (χ1) is 12.2. The molecule has 1 heterocycles. The molecule has 1 fully saturated rings. The topological polar surface area (TPSA) is 97.4 Å². The SMILES string of the molecule is O=C(Nc1cccc(Br)c1)c1ccc(S(=O)(=O)[C@H]2CCS(=O)(=O)C2)cc1. The Hall–Kier alpha value is -1.71. The van der Waals surface area contributed by atoms with Crippen LogP contribution in [0.1, 0.15) is 16.8 Å². The summed E-state index contributed by atoms with van der Waals surface area (Å²) in [6.07, 6.45) is 0.107. The number of anilines is 1. The minimum absolute atomic E-state index is 0.0265. The van der Waals surface area contributed by atoms with Gasteiger partial charge in [-0.25, -0.2) is 16.8 Å². The summed E-state index contributed by atoms with van der Waals surface area (Å²) < 4.78 is 49.0. The van der Waals surface area contributed by atoms with Crippen LogP contribution in [0.15, 0.2) is 57.9 Å². The van der Waals surface area contributed by atoms with Crippen LogP contribution in [0.25, 0.3) is 0 Å². The predicted octanol–water partition coefficient (Wildman–Crippen LogP) is 2.66. The van der Waals surface area contributed by atoms with Crippen LogP contribution in [0.3, 0.4) is 0 Å². The molecule has 0 bridgehead atoms. The molecule has 0 aliphatic carbocycles. The minimum Gasteiger partial charge on any atom is -0.322 e. The zero-order valence-corrected chi connectivity index (χ0v) is 16.8. The molecule has 0 aromatic heterocycles. The molecular weight excluding hydrogens is 442 g/mol. The molecule has 0 saturated carbocycles. The molecule has 1 aliphatic heterocycles. The Morgan fingerprint density at radius 3 is 2.38 bits per heavy atom. The second-order valence-electron chi connectivity index (χ2n) is 6.06. The number of nitrogens with one attached hydrogen (secondary N) is 1. The van der Waals surface area contributed by atoms with Crippen LogP contribution in [-0.2, 0) is 19.7 Å². The predicted molar refractivity (Wildman–Crippen MR) is 103 cm³/mol. The van der Waals surface area contributed by atoms with Gasteiger partial charge in [0, 0.05) is 15.7 Å². The van der Waals surface area contributed by atoms with E-state index in [1.165, 1.54) is 24.3 Å². The maximum Gasteiger partial charge on any atom is 0.255 e. The number of hydrogen-bond acceptors (Lipinski definition) is 5. The fraction of sp³-hybridized carbons (Fsp3) is 0.235. The first-order valence-corrected chi connectivity index (χ1v) is 11.9. The van der Waals surface area contributed by atoms with Crippen molar-refractivity contribution >= 4 is 47.2 Å². The molecule has 2 aromatic carbocycles. The molecule has 3 rings (SSSR count). The zero-order valence-electron chi connectivity index (χ0n) is 13.6. The number of hydrogen-bond donors (Lipinski definition) is 1. The molecule has 1 amide bonds. The van der Waals surface area contributed by atoms with Crippen molar-refractivity contribution in [3.05, 3.63) is 58.6 Å². The Kier molecular flexibility index (Phi) is 5.23. The molecule has 1 N–H and O–H groups in total. The molecule has 0 unspecified atom stereocenters. The van der Waals surface area contributed by atoms with E-state index in [2.05, 4.69) is 21.2 Å². The first-order valence-electron chi connectivity index (χ1n) is 7.79. The molecule has 26 heavy (non-hydrogen) atoms. The van der Waals surface area contributed by atoms with Gasteiger partial charge in [-0.1, -0.05) is 22.0 Å². The van der Waals surface area contributed by atoms with Crippen molar-refractivity contribution in [2.45, 2.75) is 16.6 Å². The lowest BCUT2D eigenvalue weighted by Gasteiger charge is -2.11. The maximum atomic E-state index is 12.6. The van der Waals surface area contributed by atoms with Crippen molar-refractivity contribution in [3.8, 4) is 0 Å².